The molecule has 0 aromatic heterocycles. The van der Waals surface area contributed by atoms with E-state index < -0.39 is 11.9 Å². The molecule has 0 aliphatic heterocycles. The van der Waals surface area contributed by atoms with Gasteiger partial charge in [0.15, 0.2) is 0 Å². The van der Waals surface area contributed by atoms with Gasteiger partial charge in [0.1, 0.15) is 6.04 Å². The lowest BCUT2D eigenvalue weighted by Gasteiger charge is -2.27. The molecule has 1 atom stereocenters. The van der Waals surface area contributed by atoms with Gasteiger partial charge in [-0.15, -0.1) is 0 Å². The van der Waals surface area contributed by atoms with Crippen LogP contribution in [0.4, 0.5) is 0 Å². The van der Waals surface area contributed by atoms with Gasteiger partial charge < -0.3 is 11.1 Å². The molecule has 0 aliphatic carbocycles. The lowest BCUT2D eigenvalue weighted by molar-refractivity contribution is -0.127. The first kappa shape index (κ1) is 16.2. The van der Waals surface area contributed by atoms with Crippen LogP contribution in [0, 0.1) is 0 Å². The molecule has 0 heterocycles. The first-order valence-electron chi connectivity index (χ1n) is 6.56. The van der Waals surface area contributed by atoms with E-state index in [0.717, 1.165) is 5.56 Å². The summed E-state index contributed by atoms with van der Waals surface area (Å²) in [5.41, 5.74) is 5.94. The average Bonchev–Trinajstić information content (AvgIpc) is 2.26. The van der Waals surface area contributed by atoms with Crippen molar-refractivity contribution < 1.29 is 9.59 Å². The van der Waals surface area contributed by atoms with Crippen LogP contribution in [0.1, 0.15) is 32.4 Å². The number of nitrogens with two attached hydrogens (primary N) is 1. The molecule has 110 valence electrons. The van der Waals surface area contributed by atoms with Gasteiger partial charge in [0.25, 0.3) is 0 Å². The van der Waals surface area contributed by atoms with Gasteiger partial charge in [-0.1, -0.05) is 30.3 Å². The summed E-state index contributed by atoms with van der Waals surface area (Å²) in [5.74, 6) is -0.607. The molecular weight excluding hydrogens is 254 g/mol. The van der Waals surface area contributed by atoms with Crippen molar-refractivity contribution in [1.29, 1.82) is 0 Å². The van der Waals surface area contributed by atoms with Crippen LogP contribution >= 0.6 is 0 Å². The molecule has 3 N–H and O–H groups in total. The molecule has 1 aromatic rings. The zero-order chi connectivity index (χ0) is 15.3. The predicted octanol–water partition coefficient (Wildman–Crippen LogP) is 1.06. The van der Waals surface area contributed by atoms with Crippen LogP contribution in [0.3, 0.4) is 0 Å². The van der Waals surface area contributed by atoms with Crippen molar-refractivity contribution in [2.75, 3.05) is 13.6 Å². The predicted molar refractivity (Wildman–Crippen MR) is 78.9 cm³/mol. The second kappa shape index (κ2) is 6.52. The molecule has 1 rings (SSSR count). The Bertz CT molecular complexity index is 466. The maximum atomic E-state index is 11.9. The largest absolute Gasteiger partial charge is 0.368 e. The van der Waals surface area contributed by atoms with Crippen LogP contribution < -0.4 is 11.1 Å². The number of carbonyl (C=O) groups is 2. The normalized spacial score (nSPS) is 13.1. The van der Waals surface area contributed by atoms with Gasteiger partial charge in [-0.05, 0) is 33.4 Å². The average molecular weight is 277 g/mol. The summed E-state index contributed by atoms with van der Waals surface area (Å²) < 4.78 is 0. The standard InChI is InChI=1S/C15H23N3O2/c1-15(2,3)17-12(19)10-18(4)13(14(16)20)11-8-6-5-7-9-11/h5-9,13H,10H2,1-4H3,(H2,16,20)(H,17,19)/t13-/m0/s1. The number of benzene rings is 1. The van der Waals surface area contributed by atoms with Gasteiger partial charge in [0, 0.05) is 5.54 Å². The maximum Gasteiger partial charge on any atom is 0.239 e. The molecule has 0 unspecified atom stereocenters. The second-order valence-corrected chi connectivity index (χ2v) is 5.93. The van der Waals surface area contributed by atoms with E-state index in [-0.39, 0.29) is 18.0 Å². The number of carbonyl (C=O) groups excluding carboxylic acids is 2. The van der Waals surface area contributed by atoms with E-state index in [2.05, 4.69) is 5.32 Å². The minimum Gasteiger partial charge on any atom is -0.368 e. The third kappa shape index (κ3) is 5.01. The number of likely N-dealkylation sites (N-methyl/N-ethyl adjacent to an activating group) is 1. The number of nitrogens with zero attached hydrogens (tertiary/aromatic N) is 1. The summed E-state index contributed by atoms with van der Waals surface area (Å²) in [4.78, 5) is 25.2. The third-order valence-electron chi connectivity index (χ3n) is 2.73. The molecule has 0 spiro atoms. The van der Waals surface area contributed by atoms with E-state index in [0.29, 0.717) is 0 Å². The molecule has 0 bridgehead atoms. The fourth-order valence-corrected chi connectivity index (χ4v) is 2.05. The van der Waals surface area contributed by atoms with Gasteiger partial charge >= 0.3 is 0 Å². The van der Waals surface area contributed by atoms with Gasteiger partial charge in [0.2, 0.25) is 11.8 Å². The quantitative estimate of drug-likeness (QED) is 0.845. The van der Waals surface area contributed by atoms with Gasteiger partial charge in [0.05, 0.1) is 6.54 Å². The molecule has 0 saturated heterocycles. The Labute approximate surface area is 120 Å². The molecule has 0 saturated carbocycles. The Kier molecular flexibility index (Phi) is 5.27. The highest BCUT2D eigenvalue weighted by Gasteiger charge is 2.25. The van der Waals surface area contributed by atoms with Crippen molar-refractivity contribution in [2.45, 2.75) is 32.4 Å². The number of primary amides is 1. The van der Waals surface area contributed by atoms with Crippen molar-refractivity contribution in [3.05, 3.63) is 35.9 Å². The monoisotopic (exact) mass is 277 g/mol. The molecule has 2 amide bonds. The van der Waals surface area contributed by atoms with Crippen molar-refractivity contribution in [3.8, 4) is 0 Å². The Hall–Kier alpha value is -1.88. The number of nitrogens with one attached hydrogen (secondary N) is 1. The number of rotatable bonds is 5. The molecule has 1 aromatic carbocycles. The Balaban J connectivity index is 2.79. The van der Waals surface area contributed by atoms with E-state index >= 15 is 0 Å². The maximum absolute atomic E-state index is 11.9. The van der Waals surface area contributed by atoms with Crippen molar-refractivity contribution in [2.24, 2.45) is 5.73 Å². The molecule has 20 heavy (non-hydrogen) atoms. The highest BCUT2D eigenvalue weighted by atomic mass is 16.2. The van der Waals surface area contributed by atoms with Crippen LogP contribution in [-0.4, -0.2) is 35.8 Å². The molecule has 0 fully saturated rings. The zero-order valence-electron chi connectivity index (χ0n) is 12.5. The van der Waals surface area contributed by atoms with Crippen LogP contribution in [-0.2, 0) is 9.59 Å². The summed E-state index contributed by atoms with van der Waals surface area (Å²) in [6.45, 7) is 5.84. The minimum atomic E-state index is -0.609. The van der Waals surface area contributed by atoms with E-state index in [9.17, 15) is 9.59 Å². The fourth-order valence-electron chi connectivity index (χ4n) is 2.05. The summed E-state index contributed by atoms with van der Waals surface area (Å²) in [6, 6.07) is 8.60. The smallest absolute Gasteiger partial charge is 0.239 e. The van der Waals surface area contributed by atoms with Crippen molar-refractivity contribution in [3.63, 3.8) is 0 Å². The van der Waals surface area contributed by atoms with Crippen molar-refractivity contribution in [1.82, 2.24) is 10.2 Å². The highest BCUT2D eigenvalue weighted by molar-refractivity contribution is 5.83. The molecule has 5 heteroatoms. The molecular formula is C15H23N3O2. The summed E-state index contributed by atoms with van der Waals surface area (Å²) in [5, 5.41) is 2.86. The van der Waals surface area contributed by atoms with Crippen LogP contribution in [0.25, 0.3) is 0 Å². The molecule has 0 radical (unpaired) electrons. The van der Waals surface area contributed by atoms with E-state index in [4.69, 9.17) is 5.73 Å². The van der Waals surface area contributed by atoms with Crippen molar-refractivity contribution >= 4 is 11.8 Å². The highest BCUT2D eigenvalue weighted by Crippen LogP contribution is 2.18. The molecule has 5 nitrogen and oxygen atoms in total. The SMILES string of the molecule is CN(CC(=O)NC(C)(C)C)[C@H](C(N)=O)c1ccccc1. The lowest BCUT2D eigenvalue weighted by Crippen LogP contribution is -2.47. The number of hydrogen-bond donors (Lipinski definition) is 2. The number of amides is 2. The Morgan fingerprint density at radius 3 is 2.25 bits per heavy atom. The fraction of sp³-hybridized carbons (Fsp3) is 0.467. The Morgan fingerprint density at radius 1 is 1.25 bits per heavy atom. The topological polar surface area (TPSA) is 75.4 Å². The first-order valence-corrected chi connectivity index (χ1v) is 6.56. The van der Waals surface area contributed by atoms with E-state index in [1.807, 2.05) is 51.1 Å². The van der Waals surface area contributed by atoms with Gasteiger partial charge in [-0.25, -0.2) is 0 Å². The lowest BCUT2D eigenvalue weighted by atomic mass is 10.0. The second-order valence-electron chi connectivity index (χ2n) is 5.93. The molecule has 0 aliphatic rings. The van der Waals surface area contributed by atoms with Gasteiger partial charge in [-0.3, -0.25) is 14.5 Å². The number of hydrogen-bond acceptors (Lipinski definition) is 3. The summed E-state index contributed by atoms with van der Waals surface area (Å²) >= 11 is 0. The Morgan fingerprint density at radius 2 is 1.80 bits per heavy atom. The summed E-state index contributed by atoms with van der Waals surface area (Å²) in [7, 11) is 1.71. The van der Waals surface area contributed by atoms with Crippen LogP contribution in [0.5, 0.6) is 0 Å². The van der Waals surface area contributed by atoms with E-state index in [1.165, 1.54) is 0 Å². The van der Waals surface area contributed by atoms with Gasteiger partial charge in [-0.2, -0.15) is 0 Å². The zero-order valence-corrected chi connectivity index (χ0v) is 12.5. The van der Waals surface area contributed by atoms with Crippen LogP contribution in [0.15, 0.2) is 30.3 Å². The van der Waals surface area contributed by atoms with E-state index in [1.54, 1.807) is 11.9 Å². The van der Waals surface area contributed by atoms with Crippen LogP contribution in [0.2, 0.25) is 0 Å². The minimum absolute atomic E-state index is 0.111. The summed E-state index contributed by atoms with van der Waals surface area (Å²) in [6.07, 6.45) is 0. The first-order chi connectivity index (χ1) is 9.20. The third-order valence-corrected chi connectivity index (χ3v) is 2.73.